The van der Waals surface area contributed by atoms with Gasteiger partial charge in [0.05, 0.1) is 0 Å². The van der Waals surface area contributed by atoms with Gasteiger partial charge >= 0.3 is 0 Å². The number of nitrogens with zero attached hydrogens (tertiary/aromatic N) is 2. The molecule has 2 aromatic rings. The lowest BCUT2D eigenvalue weighted by Gasteiger charge is -2.35. The maximum Gasteiger partial charge on any atom is 0.171 e. The van der Waals surface area contributed by atoms with Crippen LogP contribution in [-0.2, 0) is 15.9 Å². The molecule has 354 valence electrons. The third-order valence-electron chi connectivity index (χ3n) is 12.0. The second-order valence-electron chi connectivity index (χ2n) is 20.0. The summed E-state index contributed by atoms with van der Waals surface area (Å²) in [5.41, 5.74) is 4.01. The number of ether oxygens (including phenoxy) is 2. The topological polar surface area (TPSA) is 24.9 Å². The molecule has 2 aromatic carbocycles. The van der Waals surface area contributed by atoms with Gasteiger partial charge in [0.2, 0.25) is 0 Å². The molecule has 0 aromatic heterocycles. The van der Waals surface area contributed by atoms with Crippen LogP contribution in [0.3, 0.4) is 0 Å². The highest BCUT2D eigenvalue weighted by molar-refractivity contribution is 5.52. The van der Waals surface area contributed by atoms with Gasteiger partial charge in [-0.15, -0.1) is 11.8 Å². The molecule has 4 nitrogen and oxygen atoms in total. The minimum absolute atomic E-state index is 0. The molecule has 0 N–H and O–H groups in total. The number of rotatable bonds is 10. The van der Waals surface area contributed by atoms with Crippen molar-refractivity contribution >= 4 is 0 Å². The zero-order valence-corrected chi connectivity index (χ0v) is 41.7. The van der Waals surface area contributed by atoms with E-state index in [1.165, 1.54) is 41.8 Å². The third kappa shape index (κ3) is 21.2. The van der Waals surface area contributed by atoms with Gasteiger partial charge in [0, 0.05) is 83.3 Å². The Morgan fingerprint density at radius 3 is 2.03 bits per heavy atom. The van der Waals surface area contributed by atoms with Crippen LogP contribution in [0.4, 0.5) is 4.39 Å². The van der Waals surface area contributed by atoms with Gasteiger partial charge in [-0.2, -0.15) is 0 Å². The van der Waals surface area contributed by atoms with Gasteiger partial charge in [0.25, 0.3) is 0 Å². The lowest BCUT2D eigenvalue weighted by atomic mass is 9.81. The predicted molar refractivity (Wildman–Crippen MR) is 273 cm³/mol. The molecule has 0 spiro atoms. The average Bonchev–Trinajstić information content (AvgIpc) is 3.20. The molecule has 0 saturated heterocycles. The smallest absolute Gasteiger partial charge is 0.171 e. The van der Waals surface area contributed by atoms with Gasteiger partial charge in [-0.05, 0) is 104 Å². The normalized spacial score (nSPS) is 24.2. The van der Waals surface area contributed by atoms with Gasteiger partial charge in [-0.3, -0.25) is 4.90 Å². The van der Waals surface area contributed by atoms with Gasteiger partial charge in [0.15, 0.2) is 11.8 Å². The summed E-state index contributed by atoms with van der Waals surface area (Å²) in [6.45, 7) is 28.0. The van der Waals surface area contributed by atoms with Crippen molar-refractivity contribution in [2.75, 3.05) is 46.9 Å². The fourth-order valence-corrected chi connectivity index (χ4v) is 8.93. The molecule has 0 bridgehead atoms. The molecular weight excluding hydrogens is 788 g/mol. The fraction of sp³-hybridized carbons (Fsp3) is 0.661. The first-order valence-electron chi connectivity index (χ1n) is 24.5. The van der Waals surface area contributed by atoms with E-state index in [4.69, 9.17) is 9.47 Å². The molecule has 0 radical (unpaired) electrons. The van der Waals surface area contributed by atoms with Crippen molar-refractivity contribution in [1.82, 2.24) is 9.80 Å². The molecule has 0 saturated carbocycles. The number of methoxy groups -OCH3 is 2. The second kappa shape index (κ2) is 30.6. The molecule has 6 unspecified atom stereocenters. The van der Waals surface area contributed by atoms with E-state index in [0.717, 1.165) is 76.9 Å². The molecule has 0 amide bonds. The van der Waals surface area contributed by atoms with Crippen LogP contribution in [0.15, 0.2) is 48.5 Å². The van der Waals surface area contributed by atoms with Crippen LogP contribution in [0.1, 0.15) is 169 Å². The molecule has 64 heavy (non-hydrogen) atoms. The summed E-state index contributed by atoms with van der Waals surface area (Å²) in [5.74, 6) is 29.7. The van der Waals surface area contributed by atoms with E-state index < -0.39 is 5.67 Å². The van der Waals surface area contributed by atoms with Gasteiger partial charge in [-0.25, -0.2) is 4.39 Å². The Balaban J connectivity index is 0.000000296. The van der Waals surface area contributed by atoms with Crippen molar-refractivity contribution in [1.29, 1.82) is 0 Å². The molecule has 0 fully saturated rings. The Morgan fingerprint density at radius 2 is 1.36 bits per heavy atom. The standard InChI is InChI=1S/C20H20.C13H23NO2.C13H23N.C12H19F.CH4/c1-15(2)13-19-14-18-9-4-3-7-16(18)11-12-17-8-5-6-10-20(17)19;1-11(2)10-14-9-7-5-6-8-12(15-3)13(14)16-4;1-11(2)9-14-8-6-5-7-12(3)13(4)10-14;1-11(2)10-12(13)8-6-4-3-5-7-9-12;/h3-10,15,19H,13-14H2,1-2H3;11-13H,5,7,9-10H2,1-4H3;11-13H,6,8-10H2,1-4H3;11H,3-6,8,10H2,1-2H3;1H4. The van der Waals surface area contributed by atoms with E-state index in [2.05, 4.69) is 175 Å². The average molecular weight is 877 g/mol. The highest BCUT2D eigenvalue weighted by Gasteiger charge is 2.29. The van der Waals surface area contributed by atoms with E-state index in [-0.39, 0.29) is 19.8 Å². The Hall–Kier alpha value is -3.55. The van der Waals surface area contributed by atoms with Crippen molar-refractivity contribution in [3.05, 3.63) is 70.8 Å². The second-order valence-corrected chi connectivity index (χ2v) is 20.0. The minimum Gasteiger partial charge on any atom is -0.365 e. The van der Waals surface area contributed by atoms with Crippen molar-refractivity contribution < 1.29 is 13.9 Å². The Labute approximate surface area is 394 Å². The van der Waals surface area contributed by atoms with Crippen molar-refractivity contribution in [2.45, 2.75) is 171 Å². The largest absolute Gasteiger partial charge is 0.365 e. The van der Waals surface area contributed by atoms with E-state index in [9.17, 15) is 4.39 Å². The number of fused-ring (bicyclic) bond motifs is 2. The number of alkyl halides is 1. The fourth-order valence-electron chi connectivity index (χ4n) is 8.93. The van der Waals surface area contributed by atoms with Crippen LogP contribution in [0.5, 0.6) is 0 Å². The SMILES string of the molecule is C.CC(C)CC1(F)C#CCCCCC1.CC(C)CC1Cc2ccccc2C#Cc2ccccc21.CC(C)CN1CCC#CC(C)C(C)C1.COC1C#CCCCN(CC(C)C)C1OC. The van der Waals surface area contributed by atoms with E-state index in [1.807, 2.05) is 0 Å². The van der Waals surface area contributed by atoms with Crippen LogP contribution in [-0.4, -0.2) is 74.7 Å². The summed E-state index contributed by atoms with van der Waals surface area (Å²) < 4.78 is 25.0. The van der Waals surface area contributed by atoms with Crippen molar-refractivity contribution in [2.24, 2.45) is 35.5 Å². The minimum atomic E-state index is -1.19. The molecule has 2 aliphatic heterocycles. The zero-order chi connectivity index (χ0) is 46.2. The first-order chi connectivity index (χ1) is 30.1. The molecule has 5 heteroatoms. The van der Waals surface area contributed by atoms with Gasteiger partial charge in [0.1, 0.15) is 6.23 Å². The zero-order valence-electron chi connectivity index (χ0n) is 41.7. The molecule has 2 aliphatic carbocycles. The van der Waals surface area contributed by atoms with Crippen LogP contribution in [0, 0.1) is 82.9 Å². The summed E-state index contributed by atoms with van der Waals surface area (Å²) in [6, 6.07) is 17.2. The van der Waals surface area contributed by atoms with Gasteiger partial charge < -0.3 is 14.4 Å². The molecule has 2 heterocycles. The van der Waals surface area contributed by atoms with E-state index in [0.29, 0.717) is 48.3 Å². The number of hydrogen-bond donors (Lipinski definition) is 0. The number of halogens is 1. The lowest BCUT2D eigenvalue weighted by molar-refractivity contribution is -0.103. The summed E-state index contributed by atoms with van der Waals surface area (Å²) in [5, 5.41) is 0. The summed E-state index contributed by atoms with van der Waals surface area (Å²) >= 11 is 0. The number of benzene rings is 2. The van der Waals surface area contributed by atoms with E-state index in [1.54, 1.807) is 14.2 Å². The number of hydrogen-bond acceptors (Lipinski definition) is 4. The highest BCUT2D eigenvalue weighted by Crippen LogP contribution is 2.32. The van der Waals surface area contributed by atoms with Crippen LogP contribution in [0.2, 0.25) is 0 Å². The summed E-state index contributed by atoms with van der Waals surface area (Å²) in [6.07, 6.45) is 10.6. The summed E-state index contributed by atoms with van der Waals surface area (Å²) in [4.78, 5) is 4.91. The van der Waals surface area contributed by atoms with Crippen molar-refractivity contribution in [3.63, 3.8) is 0 Å². The maximum absolute atomic E-state index is 14.1. The highest BCUT2D eigenvalue weighted by atomic mass is 19.1. The van der Waals surface area contributed by atoms with Gasteiger partial charge in [-0.1, -0.05) is 155 Å². The Kier molecular flexibility index (Phi) is 27.1. The molecule has 4 aliphatic rings. The monoisotopic (exact) mass is 877 g/mol. The lowest BCUT2D eigenvalue weighted by Crippen LogP contribution is -2.47. The molecule has 6 rings (SSSR count). The first-order valence-corrected chi connectivity index (χ1v) is 24.5. The van der Waals surface area contributed by atoms with Crippen LogP contribution < -0.4 is 0 Å². The van der Waals surface area contributed by atoms with Crippen LogP contribution in [0.25, 0.3) is 0 Å². The molecular formula is C59H89FN2O2. The third-order valence-corrected chi connectivity index (χ3v) is 12.0. The Morgan fingerprint density at radius 1 is 0.703 bits per heavy atom. The van der Waals surface area contributed by atoms with Crippen molar-refractivity contribution in [3.8, 4) is 47.4 Å². The first kappa shape index (κ1) is 56.6. The maximum atomic E-state index is 14.1. The molecule has 6 atom stereocenters. The van der Waals surface area contributed by atoms with Crippen LogP contribution >= 0.6 is 0 Å². The summed E-state index contributed by atoms with van der Waals surface area (Å²) in [7, 11) is 3.42. The van der Waals surface area contributed by atoms with E-state index >= 15 is 0 Å². The quantitative estimate of drug-likeness (QED) is 0.222. The predicted octanol–water partition coefficient (Wildman–Crippen LogP) is 13.5. The Bertz CT molecular complexity index is 1870.